The van der Waals surface area contributed by atoms with Gasteiger partial charge in [0.25, 0.3) is 0 Å². The molecule has 1 aromatic rings. The third-order valence-corrected chi connectivity index (χ3v) is 4.59. The van der Waals surface area contributed by atoms with Crippen molar-refractivity contribution in [2.75, 3.05) is 19.7 Å². The average molecular weight is 261 g/mol. The Morgan fingerprint density at radius 1 is 1.41 bits per heavy atom. The Bertz CT molecular complexity index is 487. The molecule has 4 nitrogen and oxygen atoms in total. The van der Waals surface area contributed by atoms with Gasteiger partial charge in [-0.2, -0.15) is 4.31 Å². The minimum Gasteiger partial charge on any atom is -0.395 e. The van der Waals surface area contributed by atoms with E-state index in [4.69, 9.17) is 5.11 Å². The van der Waals surface area contributed by atoms with Crippen molar-refractivity contribution in [2.24, 2.45) is 0 Å². The number of halogens is 1. The van der Waals surface area contributed by atoms with E-state index < -0.39 is 15.8 Å². The quantitative estimate of drug-likeness (QED) is 0.864. The molecule has 0 fully saturated rings. The van der Waals surface area contributed by atoms with Crippen LogP contribution in [0.1, 0.15) is 12.5 Å². The predicted molar refractivity (Wildman–Crippen MR) is 62.7 cm³/mol. The Balaban J connectivity index is 3.20. The van der Waals surface area contributed by atoms with Crippen LogP contribution in [0, 0.1) is 12.7 Å². The molecule has 0 saturated heterocycles. The maximum absolute atomic E-state index is 12.9. The molecule has 0 bridgehead atoms. The molecule has 1 N–H and O–H groups in total. The maximum atomic E-state index is 12.9. The zero-order valence-corrected chi connectivity index (χ0v) is 10.7. The van der Waals surface area contributed by atoms with Crippen LogP contribution in [0.3, 0.4) is 0 Å². The van der Waals surface area contributed by atoms with Crippen LogP contribution < -0.4 is 0 Å². The van der Waals surface area contributed by atoms with Gasteiger partial charge in [0, 0.05) is 13.1 Å². The zero-order valence-electron chi connectivity index (χ0n) is 9.85. The number of aliphatic hydroxyl groups is 1. The van der Waals surface area contributed by atoms with Crippen molar-refractivity contribution in [3.63, 3.8) is 0 Å². The summed E-state index contributed by atoms with van der Waals surface area (Å²) in [7, 11) is -3.65. The highest BCUT2D eigenvalue weighted by Gasteiger charge is 2.24. The van der Waals surface area contributed by atoms with E-state index in [1.807, 2.05) is 0 Å². The van der Waals surface area contributed by atoms with E-state index in [1.54, 1.807) is 13.8 Å². The van der Waals surface area contributed by atoms with Crippen LogP contribution >= 0.6 is 0 Å². The minimum atomic E-state index is -3.65. The first kappa shape index (κ1) is 14.1. The molecule has 0 saturated carbocycles. The van der Waals surface area contributed by atoms with Crippen LogP contribution in [0.2, 0.25) is 0 Å². The third kappa shape index (κ3) is 3.02. The van der Waals surface area contributed by atoms with Gasteiger partial charge in [-0.1, -0.05) is 6.92 Å². The second-order valence-corrected chi connectivity index (χ2v) is 5.54. The SMILES string of the molecule is CCN(CCO)S(=O)(=O)c1ccc(F)cc1C. The highest BCUT2D eigenvalue weighted by molar-refractivity contribution is 7.89. The maximum Gasteiger partial charge on any atom is 0.243 e. The Labute approximate surface area is 101 Å². The number of hydrogen-bond donors (Lipinski definition) is 1. The van der Waals surface area contributed by atoms with Crippen molar-refractivity contribution >= 4 is 10.0 Å². The summed E-state index contributed by atoms with van der Waals surface area (Å²) >= 11 is 0. The van der Waals surface area contributed by atoms with Gasteiger partial charge in [0.1, 0.15) is 5.82 Å². The summed E-state index contributed by atoms with van der Waals surface area (Å²) < 4.78 is 38.4. The fraction of sp³-hybridized carbons (Fsp3) is 0.455. The summed E-state index contributed by atoms with van der Waals surface area (Å²) in [5, 5.41) is 8.83. The first-order valence-electron chi connectivity index (χ1n) is 5.30. The molecule has 0 heterocycles. The number of hydrogen-bond acceptors (Lipinski definition) is 3. The zero-order chi connectivity index (χ0) is 13.1. The molecule has 17 heavy (non-hydrogen) atoms. The lowest BCUT2D eigenvalue weighted by Gasteiger charge is -2.20. The second kappa shape index (κ2) is 5.57. The molecular weight excluding hydrogens is 245 g/mol. The van der Waals surface area contributed by atoms with E-state index in [9.17, 15) is 12.8 Å². The van der Waals surface area contributed by atoms with Gasteiger partial charge in [-0.3, -0.25) is 0 Å². The van der Waals surface area contributed by atoms with E-state index in [1.165, 1.54) is 12.1 Å². The molecule has 0 atom stereocenters. The topological polar surface area (TPSA) is 57.6 Å². The lowest BCUT2D eigenvalue weighted by atomic mass is 10.2. The van der Waals surface area contributed by atoms with Crippen molar-refractivity contribution in [3.8, 4) is 0 Å². The monoisotopic (exact) mass is 261 g/mol. The summed E-state index contributed by atoms with van der Waals surface area (Å²) in [5.41, 5.74) is 0.362. The normalized spacial score (nSPS) is 12.1. The molecule has 6 heteroatoms. The van der Waals surface area contributed by atoms with E-state index in [2.05, 4.69) is 0 Å². The van der Waals surface area contributed by atoms with Crippen LogP contribution in [0.5, 0.6) is 0 Å². The molecule has 0 unspecified atom stereocenters. The Kier molecular flexibility index (Phi) is 4.62. The summed E-state index contributed by atoms with van der Waals surface area (Å²) in [6.07, 6.45) is 0. The van der Waals surface area contributed by atoms with Gasteiger partial charge >= 0.3 is 0 Å². The standard InChI is InChI=1S/C11H16FNO3S/c1-3-13(6-7-14)17(15,16)11-5-4-10(12)8-9(11)2/h4-5,8,14H,3,6-7H2,1-2H3. The van der Waals surface area contributed by atoms with Crippen LogP contribution in [-0.2, 0) is 10.0 Å². The van der Waals surface area contributed by atoms with E-state index >= 15 is 0 Å². The highest BCUT2D eigenvalue weighted by Crippen LogP contribution is 2.20. The first-order valence-corrected chi connectivity index (χ1v) is 6.74. The summed E-state index contributed by atoms with van der Waals surface area (Å²) in [6, 6.07) is 3.55. The van der Waals surface area contributed by atoms with E-state index in [-0.39, 0.29) is 24.6 Å². The Hall–Kier alpha value is -0.980. The van der Waals surface area contributed by atoms with Gasteiger partial charge in [-0.05, 0) is 30.7 Å². The van der Waals surface area contributed by atoms with Gasteiger partial charge in [-0.25, -0.2) is 12.8 Å². The number of nitrogens with zero attached hydrogens (tertiary/aromatic N) is 1. The molecule has 1 aromatic carbocycles. The lowest BCUT2D eigenvalue weighted by molar-refractivity contribution is 0.257. The van der Waals surface area contributed by atoms with Crippen LogP contribution in [0.4, 0.5) is 4.39 Å². The van der Waals surface area contributed by atoms with Crippen LogP contribution in [0.15, 0.2) is 23.1 Å². The number of likely N-dealkylation sites (N-methyl/N-ethyl adjacent to an activating group) is 1. The highest BCUT2D eigenvalue weighted by atomic mass is 32.2. The summed E-state index contributed by atoms with van der Waals surface area (Å²) in [5.74, 6) is -0.466. The van der Waals surface area contributed by atoms with Gasteiger partial charge in [0.15, 0.2) is 0 Å². The number of benzene rings is 1. The third-order valence-electron chi connectivity index (χ3n) is 2.46. The largest absolute Gasteiger partial charge is 0.395 e. The molecule has 0 aliphatic carbocycles. The predicted octanol–water partition coefficient (Wildman–Crippen LogP) is 1.14. The van der Waals surface area contributed by atoms with Gasteiger partial charge in [0.05, 0.1) is 11.5 Å². The summed E-state index contributed by atoms with van der Waals surface area (Å²) in [6.45, 7) is 3.29. The van der Waals surface area contributed by atoms with Gasteiger partial charge in [-0.15, -0.1) is 0 Å². The molecule has 0 spiro atoms. The molecule has 0 amide bonds. The molecular formula is C11H16FNO3S. The van der Waals surface area contributed by atoms with Crippen molar-refractivity contribution in [1.82, 2.24) is 4.31 Å². The number of aliphatic hydroxyl groups excluding tert-OH is 1. The van der Waals surface area contributed by atoms with E-state index in [0.29, 0.717) is 5.56 Å². The van der Waals surface area contributed by atoms with Crippen LogP contribution in [0.25, 0.3) is 0 Å². The van der Waals surface area contributed by atoms with Crippen molar-refractivity contribution in [3.05, 3.63) is 29.6 Å². The molecule has 96 valence electrons. The fourth-order valence-electron chi connectivity index (χ4n) is 1.60. The molecule has 0 aliphatic heterocycles. The summed E-state index contributed by atoms with van der Waals surface area (Å²) in [4.78, 5) is 0.0780. The van der Waals surface area contributed by atoms with Crippen LogP contribution in [-0.4, -0.2) is 37.5 Å². The molecule has 1 rings (SSSR count). The smallest absolute Gasteiger partial charge is 0.243 e. The number of aryl methyl sites for hydroxylation is 1. The fourth-order valence-corrected chi connectivity index (χ4v) is 3.25. The lowest BCUT2D eigenvalue weighted by Crippen LogP contribution is -2.33. The Morgan fingerprint density at radius 2 is 2.06 bits per heavy atom. The van der Waals surface area contributed by atoms with Gasteiger partial charge < -0.3 is 5.11 Å². The molecule has 0 radical (unpaired) electrons. The second-order valence-electron chi connectivity index (χ2n) is 3.63. The molecule has 0 aliphatic rings. The Morgan fingerprint density at radius 3 is 2.53 bits per heavy atom. The number of sulfonamides is 1. The van der Waals surface area contributed by atoms with Gasteiger partial charge in [0.2, 0.25) is 10.0 Å². The van der Waals surface area contributed by atoms with Crippen molar-refractivity contribution in [2.45, 2.75) is 18.7 Å². The number of rotatable bonds is 5. The van der Waals surface area contributed by atoms with Crippen molar-refractivity contribution < 1.29 is 17.9 Å². The van der Waals surface area contributed by atoms with E-state index in [0.717, 1.165) is 10.4 Å². The first-order chi connectivity index (χ1) is 7.93. The molecule has 0 aromatic heterocycles. The minimum absolute atomic E-state index is 0.0374. The van der Waals surface area contributed by atoms with Crippen molar-refractivity contribution in [1.29, 1.82) is 0 Å². The average Bonchev–Trinajstić information content (AvgIpc) is 2.24.